The molecule has 10 nitrogen and oxygen atoms in total. The number of hydrogen-bond acceptors (Lipinski definition) is 9. The van der Waals surface area contributed by atoms with E-state index in [0.29, 0.717) is 81.7 Å². The number of Topliss-reactive ketones (excluding diaryl/α,β-unsaturated/α-hetero) is 1. The Morgan fingerprint density at radius 2 is 1.84 bits per heavy atom. The first-order valence-corrected chi connectivity index (χ1v) is 15.5. The Morgan fingerprint density at radius 1 is 1.11 bits per heavy atom. The number of amides is 1. The lowest BCUT2D eigenvalue weighted by Crippen LogP contribution is -2.41. The Balaban J connectivity index is 1.67. The molecule has 1 saturated heterocycles. The van der Waals surface area contributed by atoms with E-state index in [0.717, 1.165) is 13.1 Å². The number of phenols is 2. The van der Waals surface area contributed by atoms with Crippen molar-refractivity contribution in [2.45, 2.75) is 63.9 Å². The first-order chi connectivity index (χ1) is 21.3. The van der Waals surface area contributed by atoms with E-state index >= 15 is 0 Å². The SMILES string of the molecule is COc1ccc(C(CC(=O)NCCN2CCOCC2)c2c(O)cc3c(c2O)C(=O)O[C@@H](C)CCCC(=O)CCCC=C3)cc1. The summed E-state index contributed by atoms with van der Waals surface area (Å²) in [6.07, 6.45) is 6.18. The number of ether oxygens (including phenoxy) is 3. The van der Waals surface area contributed by atoms with Crippen LogP contribution in [0.3, 0.4) is 0 Å². The van der Waals surface area contributed by atoms with Crippen molar-refractivity contribution in [3.8, 4) is 17.2 Å². The summed E-state index contributed by atoms with van der Waals surface area (Å²) < 4.78 is 16.4. The maximum Gasteiger partial charge on any atom is 0.342 e. The molecule has 0 spiro atoms. The lowest BCUT2D eigenvalue weighted by atomic mass is 9.84. The average molecular weight is 609 g/mol. The van der Waals surface area contributed by atoms with Crippen molar-refractivity contribution < 1.29 is 38.8 Å². The molecule has 0 radical (unpaired) electrons. The minimum absolute atomic E-state index is 0.0692. The van der Waals surface area contributed by atoms with Gasteiger partial charge in [-0.15, -0.1) is 0 Å². The van der Waals surface area contributed by atoms with Crippen LogP contribution in [0.15, 0.2) is 36.4 Å². The minimum Gasteiger partial charge on any atom is -0.507 e. The number of nitrogens with zero attached hydrogens (tertiary/aromatic N) is 1. The number of allylic oxidation sites excluding steroid dienone is 1. The van der Waals surface area contributed by atoms with Gasteiger partial charge in [0.25, 0.3) is 0 Å². The number of aromatic hydroxyl groups is 2. The number of benzene rings is 2. The van der Waals surface area contributed by atoms with Crippen LogP contribution in [0.2, 0.25) is 0 Å². The van der Waals surface area contributed by atoms with E-state index in [-0.39, 0.29) is 35.0 Å². The maximum atomic E-state index is 13.5. The zero-order valence-corrected chi connectivity index (χ0v) is 25.7. The quantitative estimate of drug-likeness (QED) is 0.369. The molecule has 2 atom stereocenters. The lowest BCUT2D eigenvalue weighted by molar-refractivity contribution is -0.121. The second-order valence-electron chi connectivity index (χ2n) is 11.4. The third kappa shape index (κ3) is 9.06. The molecule has 2 aromatic rings. The number of carbonyl (C=O) groups excluding carboxylic acids is 3. The fourth-order valence-corrected chi connectivity index (χ4v) is 5.68. The van der Waals surface area contributed by atoms with E-state index in [2.05, 4.69) is 10.2 Å². The summed E-state index contributed by atoms with van der Waals surface area (Å²) in [4.78, 5) is 41.1. The lowest BCUT2D eigenvalue weighted by Gasteiger charge is -2.27. The number of rotatable bonds is 8. The summed E-state index contributed by atoms with van der Waals surface area (Å²) in [6, 6.07) is 8.47. The number of phenolic OH excluding ortho intramolecular Hbond substituents is 2. The Morgan fingerprint density at radius 3 is 2.57 bits per heavy atom. The van der Waals surface area contributed by atoms with Gasteiger partial charge in [-0.05, 0) is 61.9 Å². The second-order valence-corrected chi connectivity index (χ2v) is 11.4. The van der Waals surface area contributed by atoms with Crippen LogP contribution in [0.5, 0.6) is 17.2 Å². The molecule has 10 heteroatoms. The third-order valence-corrected chi connectivity index (χ3v) is 8.16. The highest BCUT2D eigenvalue weighted by Crippen LogP contribution is 2.44. The van der Waals surface area contributed by atoms with E-state index in [4.69, 9.17) is 14.2 Å². The van der Waals surface area contributed by atoms with E-state index in [1.807, 2.05) is 6.08 Å². The minimum atomic E-state index is -0.775. The molecule has 1 fully saturated rings. The highest BCUT2D eigenvalue weighted by molar-refractivity contribution is 5.98. The third-order valence-electron chi connectivity index (χ3n) is 8.16. The predicted molar refractivity (Wildman–Crippen MR) is 166 cm³/mol. The molecule has 2 aliphatic rings. The van der Waals surface area contributed by atoms with Gasteiger partial charge < -0.3 is 29.7 Å². The summed E-state index contributed by atoms with van der Waals surface area (Å²) in [5.41, 5.74) is 0.956. The van der Waals surface area contributed by atoms with Crippen molar-refractivity contribution in [2.75, 3.05) is 46.5 Å². The monoisotopic (exact) mass is 608 g/mol. The molecule has 44 heavy (non-hydrogen) atoms. The topological polar surface area (TPSA) is 135 Å². The number of hydrogen-bond donors (Lipinski definition) is 3. The van der Waals surface area contributed by atoms with Gasteiger partial charge in [-0.25, -0.2) is 4.79 Å². The van der Waals surface area contributed by atoms with Crippen molar-refractivity contribution in [1.29, 1.82) is 0 Å². The molecule has 238 valence electrons. The number of morpholine rings is 1. The van der Waals surface area contributed by atoms with Gasteiger partial charge in [-0.1, -0.05) is 24.3 Å². The second kappa shape index (κ2) is 16.3. The molecule has 4 rings (SSSR count). The maximum absolute atomic E-state index is 13.5. The molecule has 2 aromatic carbocycles. The highest BCUT2D eigenvalue weighted by atomic mass is 16.5. The van der Waals surface area contributed by atoms with Gasteiger partial charge in [0, 0.05) is 56.9 Å². The Labute approximate surface area is 259 Å². The van der Waals surface area contributed by atoms with Gasteiger partial charge in [0.2, 0.25) is 5.91 Å². The van der Waals surface area contributed by atoms with Gasteiger partial charge in [0.15, 0.2) is 0 Å². The summed E-state index contributed by atoms with van der Waals surface area (Å²) in [7, 11) is 1.55. The van der Waals surface area contributed by atoms with E-state index < -0.39 is 23.7 Å². The van der Waals surface area contributed by atoms with Crippen LogP contribution in [0, 0.1) is 0 Å². The van der Waals surface area contributed by atoms with Crippen molar-refractivity contribution in [3.63, 3.8) is 0 Å². The molecular formula is C34H44N2O8. The first-order valence-electron chi connectivity index (χ1n) is 15.5. The van der Waals surface area contributed by atoms with Crippen molar-refractivity contribution >= 4 is 23.7 Å². The number of methoxy groups -OCH3 is 1. The van der Waals surface area contributed by atoms with E-state index in [9.17, 15) is 24.6 Å². The van der Waals surface area contributed by atoms with E-state index in [1.54, 1.807) is 44.4 Å². The number of nitrogens with one attached hydrogen (secondary N) is 1. The number of cyclic esters (lactones) is 1. The van der Waals surface area contributed by atoms with Crippen LogP contribution < -0.4 is 10.1 Å². The molecule has 0 aromatic heterocycles. The molecule has 0 saturated carbocycles. The summed E-state index contributed by atoms with van der Waals surface area (Å²) in [6.45, 7) is 5.83. The number of carbonyl (C=O) groups is 3. The van der Waals surface area contributed by atoms with E-state index in [1.165, 1.54) is 6.07 Å². The zero-order valence-electron chi connectivity index (χ0n) is 25.7. The molecule has 0 aliphatic carbocycles. The van der Waals surface area contributed by atoms with Crippen molar-refractivity contribution in [2.24, 2.45) is 0 Å². The standard InChI is InChI=1S/C34H44N2O8/c1-23-7-6-10-26(37)9-5-3-4-8-25-21-29(38)32(33(40)31(25)34(41)44-23)28(24-11-13-27(42-2)14-12-24)22-30(39)35-15-16-36-17-19-43-20-18-36/h4,8,11-14,21,23,28,38,40H,3,5-7,9-10,15-20,22H2,1-2H3,(H,35,39)/t23-,28?/m0/s1. The Hall–Kier alpha value is -3.89. The summed E-state index contributed by atoms with van der Waals surface area (Å²) in [5.74, 6) is -1.64. The average Bonchev–Trinajstić information content (AvgIpc) is 3.00. The van der Waals surface area contributed by atoms with Crippen molar-refractivity contribution in [3.05, 3.63) is 58.7 Å². The van der Waals surface area contributed by atoms with Gasteiger partial charge >= 0.3 is 5.97 Å². The molecule has 3 N–H and O–H groups in total. The Kier molecular flexibility index (Phi) is 12.2. The zero-order chi connectivity index (χ0) is 31.5. The molecule has 2 aliphatic heterocycles. The van der Waals surface area contributed by atoms with Gasteiger partial charge in [-0.2, -0.15) is 0 Å². The number of esters is 1. The smallest absolute Gasteiger partial charge is 0.342 e. The van der Waals surface area contributed by atoms with Crippen LogP contribution in [0.4, 0.5) is 0 Å². The van der Waals surface area contributed by atoms with Crippen molar-refractivity contribution in [1.82, 2.24) is 10.2 Å². The largest absolute Gasteiger partial charge is 0.507 e. The molecule has 0 bridgehead atoms. The van der Waals surface area contributed by atoms with Gasteiger partial charge in [-0.3, -0.25) is 14.5 Å². The number of fused-ring (bicyclic) bond motifs is 1. The Bertz CT molecular complexity index is 1320. The van der Waals surface area contributed by atoms with Crippen LogP contribution in [0.25, 0.3) is 6.08 Å². The fraction of sp³-hybridized carbons (Fsp3) is 0.500. The van der Waals surface area contributed by atoms with Crippen LogP contribution in [-0.4, -0.2) is 85.4 Å². The van der Waals surface area contributed by atoms with Gasteiger partial charge in [0.05, 0.1) is 26.4 Å². The summed E-state index contributed by atoms with van der Waals surface area (Å²) >= 11 is 0. The highest BCUT2D eigenvalue weighted by Gasteiger charge is 2.31. The summed E-state index contributed by atoms with van der Waals surface area (Å²) in [5, 5.41) is 26.0. The fourth-order valence-electron chi connectivity index (χ4n) is 5.68. The number of ketones is 1. The molecule has 2 heterocycles. The van der Waals surface area contributed by atoms with Gasteiger partial charge in [0.1, 0.15) is 28.6 Å². The van der Waals surface area contributed by atoms with Crippen LogP contribution in [-0.2, 0) is 19.1 Å². The molecule has 1 amide bonds. The molecular weight excluding hydrogens is 564 g/mol. The first kappa shape index (κ1) is 33.0. The van der Waals surface area contributed by atoms with Crippen LogP contribution in [0.1, 0.15) is 84.8 Å². The normalized spacial score (nSPS) is 19.4. The molecule has 1 unspecified atom stereocenters. The van der Waals surface area contributed by atoms with Crippen LogP contribution >= 0.6 is 0 Å². The predicted octanol–water partition coefficient (Wildman–Crippen LogP) is 4.56.